The van der Waals surface area contributed by atoms with E-state index >= 15 is 0 Å². The van der Waals surface area contributed by atoms with Gasteiger partial charge in [0.25, 0.3) is 0 Å². The van der Waals surface area contributed by atoms with Crippen LogP contribution in [0.3, 0.4) is 0 Å². The van der Waals surface area contributed by atoms with E-state index in [0.29, 0.717) is 0 Å². The maximum Gasteiger partial charge on any atom is 0.317 e. The van der Waals surface area contributed by atoms with Crippen molar-refractivity contribution < 1.29 is 20.1 Å². The van der Waals surface area contributed by atoms with Gasteiger partial charge in [-0.2, -0.15) is 0 Å². The number of nitrogens with zero attached hydrogens (tertiary/aromatic N) is 1. The number of carbonyl (C=O) groups is 1. The molecular formula is C8H13NO4. The fourth-order valence-electron chi connectivity index (χ4n) is 0.875. The van der Waals surface area contributed by atoms with Crippen LogP contribution in [0.15, 0.2) is 24.7 Å². The number of aliphatic hydroxyl groups is 2. The summed E-state index contributed by atoms with van der Waals surface area (Å²) in [7, 11) is 0. The monoisotopic (exact) mass is 187 g/mol. The maximum absolute atomic E-state index is 10.3. The van der Waals surface area contributed by atoms with Crippen LogP contribution in [0.2, 0.25) is 0 Å². The third-order valence-electron chi connectivity index (χ3n) is 1.17. The Morgan fingerprint density at radius 3 is 1.62 bits per heavy atom. The van der Waals surface area contributed by atoms with Gasteiger partial charge >= 0.3 is 5.97 Å². The molecule has 0 fully saturated rings. The van der Waals surface area contributed by atoms with Gasteiger partial charge in [0.05, 0.1) is 31.2 Å². The zero-order chi connectivity index (χ0) is 10.4. The Bertz CT molecular complexity index is 186. The van der Waals surface area contributed by atoms with Gasteiger partial charge in [0.15, 0.2) is 0 Å². The molecule has 74 valence electrons. The van der Waals surface area contributed by atoms with Crippen LogP contribution < -0.4 is 0 Å². The van der Waals surface area contributed by atoms with E-state index in [0.717, 1.165) is 0 Å². The highest BCUT2D eigenvalue weighted by molar-refractivity contribution is 5.69. The molecule has 0 heterocycles. The summed E-state index contributed by atoms with van der Waals surface area (Å²) in [5.41, 5.74) is 0. The van der Waals surface area contributed by atoms with Crippen molar-refractivity contribution in [1.82, 2.24) is 4.90 Å². The SMILES string of the molecule is C=C(O)CN(CC(=C)O)CC(=O)O. The Morgan fingerprint density at radius 2 is 1.38 bits per heavy atom. The number of hydrogen-bond donors (Lipinski definition) is 3. The average Bonchev–Trinajstić information content (AvgIpc) is 1.80. The third-order valence-corrected chi connectivity index (χ3v) is 1.17. The second kappa shape index (κ2) is 5.21. The van der Waals surface area contributed by atoms with E-state index in [1.54, 1.807) is 0 Å². The van der Waals surface area contributed by atoms with Crippen molar-refractivity contribution in [2.24, 2.45) is 0 Å². The molecule has 0 amide bonds. The largest absolute Gasteiger partial charge is 0.512 e. The van der Waals surface area contributed by atoms with Crippen LogP contribution >= 0.6 is 0 Å². The number of aliphatic hydroxyl groups excluding tert-OH is 2. The fourth-order valence-corrected chi connectivity index (χ4v) is 0.875. The number of rotatable bonds is 6. The lowest BCUT2D eigenvalue weighted by molar-refractivity contribution is -0.138. The van der Waals surface area contributed by atoms with Gasteiger partial charge in [-0.15, -0.1) is 0 Å². The second-order valence-electron chi connectivity index (χ2n) is 2.67. The van der Waals surface area contributed by atoms with Crippen molar-refractivity contribution in [3.63, 3.8) is 0 Å². The molecule has 5 heteroatoms. The van der Waals surface area contributed by atoms with Gasteiger partial charge in [-0.1, -0.05) is 13.2 Å². The first-order chi connectivity index (χ1) is 5.91. The second-order valence-corrected chi connectivity index (χ2v) is 2.67. The zero-order valence-electron chi connectivity index (χ0n) is 7.23. The highest BCUT2D eigenvalue weighted by atomic mass is 16.4. The van der Waals surface area contributed by atoms with Crippen molar-refractivity contribution in [3.8, 4) is 0 Å². The molecule has 0 atom stereocenters. The standard InChI is InChI=1S/C8H13NO4/c1-6(10)3-9(4-7(2)11)5-8(12)13/h10-11H,1-5H2,(H,12,13). The molecule has 13 heavy (non-hydrogen) atoms. The third kappa shape index (κ3) is 6.89. The predicted octanol–water partition coefficient (Wildman–Crippen LogP) is 0.516. The van der Waals surface area contributed by atoms with Gasteiger partial charge in [0.1, 0.15) is 0 Å². The van der Waals surface area contributed by atoms with E-state index in [-0.39, 0.29) is 31.2 Å². The number of hydrogen-bond acceptors (Lipinski definition) is 4. The molecule has 0 rings (SSSR count). The summed E-state index contributed by atoms with van der Waals surface area (Å²) in [6, 6.07) is 0. The minimum atomic E-state index is -1.04. The summed E-state index contributed by atoms with van der Waals surface area (Å²) in [5.74, 6) is -1.34. The lowest BCUT2D eigenvalue weighted by Crippen LogP contribution is -2.33. The first kappa shape index (κ1) is 11.5. The molecule has 0 aromatic heterocycles. The molecule has 0 aromatic rings. The Kier molecular flexibility index (Phi) is 4.61. The predicted molar refractivity (Wildman–Crippen MR) is 47.6 cm³/mol. The van der Waals surface area contributed by atoms with E-state index in [1.165, 1.54) is 4.90 Å². The normalized spacial score (nSPS) is 9.92. The van der Waals surface area contributed by atoms with E-state index in [9.17, 15) is 4.79 Å². The Morgan fingerprint density at radius 1 is 1.00 bits per heavy atom. The fraction of sp³-hybridized carbons (Fsp3) is 0.375. The van der Waals surface area contributed by atoms with Crippen LogP contribution in [0.25, 0.3) is 0 Å². The summed E-state index contributed by atoms with van der Waals surface area (Å²) < 4.78 is 0. The maximum atomic E-state index is 10.3. The van der Waals surface area contributed by atoms with Crippen LogP contribution in [0.1, 0.15) is 0 Å². The molecule has 0 saturated carbocycles. The Balaban J connectivity index is 4.10. The molecular weight excluding hydrogens is 174 g/mol. The average molecular weight is 187 g/mol. The smallest absolute Gasteiger partial charge is 0.317 e. The van der Waals surface area contributed by atoms with Crippen LogP contribution in [-0.4, -0.2) is 45.8 Å². The van der Waals surface area contributed by atoms with Crippen molar-refractivity contribution >= 4 is 5.97 Å². The highest BCUT2D eigenvalue weighted by Crippen LogP contribution is 1.97. The highest BCUT2D eigenvalue weighted by Gasteiger charge is 2.11. The molecule has 5 nitrogen and oxygen atoms in total. The lowest BCUT2D eigenvalue weighted by atomic mass is 10.4. The molecule has 0 aliphatic heterocycles. The first-order valence-electron chi connectivity index (χ1n) is 3.59. The summed E-state index contributed by atoms with van der Waals surface area (Å²) in [5, 5.41) is 26.1. The van der Waals surface area contributed by atoms with Gasteiger partial charge in [-0.05, 0) is 0 Å². The quantitative estimate of drug-likeness (QED) is 0.528. The molecule has 0 bridgehead atoms. The van der Waals surface area contributed by atoms with E-state index in [1.807, 2.05) is 0 Å². The van der Waals surface area contributed by atoms with Crippen molar-refractivity contribution in [3.05, 3.63) is 24.7 Å². The molecule has 3 N–H and O–H groups in total. The minimum Gasteiger partial charge on any atom is -0.512 e. The number of carboxylic acid groups (broad SMARTS) is 1. The van der Waals surface area contributed by atoms with E-state index in [2.05, 4.69) is 13.2 Å². The van der Waals surface area contributed by atoms with Gasteiger partial charge in [-0.25, -0.2) is 0 Å². The van der Waals surface area contributed by atoms with Gasteiger partial charge in [-0.3, -0.25) is 9.69 Å². The Labute approximate surface area is 76.2 Å². The number of aliphatic carboxylic acids is 1. The topological polar surface area (TPSA) is 81.0 Å². The van der Waals surface area contributed by atoms with Gasteiger partial charge < -0.3 is 15.3 Å². The van der Waals surface area contributed by atoms with Gasteiger partial charge in [0, 0.05) is 0 Å². The first-order valence-corrected chi connectivity index (χ1v) is 3.59. The Hall–Kier alpha value is -1.49. The van der Waals surface area contributed by atoms with Crippen LogP contribution in [0.5, 0.6) is 0 Å². The lowest BCUT2D eigenvalue weighted by Gasteiger charge is -2.18. The van der Waals surface area contributed by atoms with Crippen LogP contribution in [-0.2, 0) is 4.79 Å². The summed E-state index contributed by atoms with van der Waals surface area (Å²) in [4.78, 5) is 11.6. The summed E-state index contributed by atoms with van der Waals surface area (Å²) in [6.45, 7) is 6.17. The van der Waals surface area contributed by atoms with Crippen molar-refractivity contribution in [2.45, 2.75) is 0 Å². The molecule has 0 aliphatic rings. The molecule has 0 unspecified atom stereocenters. The van der Waals surface area contributed by atoms with Crippen LogP contribution in [0.4, 0.5) is 0 Å². The van der Waals surface area contributed by atoms with Crippen molar-refractivity contribution in [1.29, 1.82) is 0 Å². The molecule has 0 spiro atoms. The van der Waals surface area contributed by atoms with Crippen molar-refractivity contribution in [2.75, 3.05) is 19.6 Å². The van der Waals surface area contributed by atoms with E-state index < -0.39 is 5.97 Å². The molecule has 0 saturated heterocycles. The molecule has 0 aliphatic carbocycles. The zero-order valence-corrected chi connectivity index (χ0v) is 7.23. The summed E-state index contributed by atoms with van der Waals surface area (Å²) in [6.07, 6.45) is 0. The molecule has 0 radical (unpaired) electrons. The van der Waals surface area contributed by atoms with Crippen LogP contribution in [0, 0.1) is 0 Å². The molecule has 0 aromatic carbocycles. The van der Waals surface area contributed by atoms with Gasteiger partial charge in [0.2, 0.25) is 0 Å². The summed E-state index contributed by atoms with van der Waals surface area (Å²) >= 11 is 0. The number of carboxylic acids is 1. The minimum absolute atomic E-state index is 0.00583. The van der Waals surface area contributed by atoms with E-state index in [4.69, 9.17) is 15.3 Å².